The fourth-order valence-electron chi connectivity index (χ4n) is 2.97. The number of imidazole rings is 1. The SMILES string of the molecule is CC(C)CC(CN)c1nc2cc(F)ccc2n1C1CC1. The summed E-state index contributed by atoms with van der Waals surface area (Å²) in [5.41, 5.74) is 7.77. The highest BCUT2D eigenvalue weighted by molar-refractivity contribution is 5.76. The lowest BCUT2D eigenvalue weighted by Gasteiger charge is -2.18. The van der Waals surface area contributed by atoms with Gasteiger partial charge in [0.05, 0.1) is 11.0 Å². The Hall–Kier alpha value is -1.42. The van der Waals surface area contributed by atoms with Crippen molar-refractivity contribution in [3.05, 3.63) is 29.8 Å². The minimum absolute atomic E-state index is 0.224. The van der Waals surface area contributed by atoms with Crippen LogP contribution in [0.3, 0.4) is 0 Å². The molecule has 2 aromatic rings. The molecule has 1 heterocycles. The fraction of sp³-hybridized carbons (Fsp3) is 0.562. The number of hydrogen-bond donors (Lipinski definition) is 1. The van der Waals surface area contributed by atoms with Gasteiger partial charge in [-0.3, -0.25) is 0 Å². The molecule has 4 heteroatoms. The lowest BCUT2D eigenvalue weighted by molar-refractivity contribution is 0.473. The predicted octanol–water partition coefficient (Wildman–Crippen LogP) is 3.60. The topological polar surface area (TPSA) is 43.8 Å². The Bertz CT molecular complexity index is 613. The Morgan fingerprint density at radius 1 is 1.40 bits per heavy atom. The van der Waals surface area contributed by atoms with E-state index in [2.05, 4.69) is 18.4 Å². The van der Waals surface area contributed by atoms with Crippen molar-refractivity contribution in [1.82, 2.24) is 9.55 Å². The Labute approximate surface area is 119 Å². The molecule has 20 heavy (non-hydrogen) atoms. The zero-order valence-corrected chi connectivity index (χ0v) is 12.1. The lowest BCUT2D eigenvalue weighted by Crippen LogP contribution is -2.19. The lowest BCUT2D eigenvalue weighted by atomic mass is 9.96. The highest BCUT2D eigenvalue weighted by atomic mass is 19.1. The molecule has 1 aliphatic rings. The Morgan fingerprint density at radius 2 is 2.15 bits per heavy atom. The van der Waals surface area contributed by atoms with E-state index in [1.807, 2.05) is 6.07 Å². The van der Waals surface area contributed by atoms with Crippen molar-refractivity contribution in [1.29, 1.82) is 0 Å². The second kappa shape index (κ2) is 5.17. The molecule has 1 unspecified atom stereocenters. The largest absolute Gasteiger partial charge is 0.330 e. The smallest absolute Gasteiger partial charge is 0.125 e. The highest BCUT2D eigenvalue weighted by Gasteiger charge is 2.30. The molecule has 0 amide bonds. The molecule has 1 fully saturated rings. The maximum absolute atomic E-state index is 13.4. The van der Waals surface area contributed by atoms with Gasteiger partial charge in [-0.2, -0.15) is 0 Å². The minimum atomic E-state index is -0.224. The molecular formula is C16H22FN3. The first-order chi connectivity index (χ1) is 9.60. The van der Waals surface area contributed by atoms with Crippen LogP contribution in [0.2, 0.25) is 0 Å². The van der Waals surface area contributed by atoms with Crippen LogP contribution in [0.15, 0.2) is 18.2 Å². The Kier molecular flexibility index (Phi) is 3.50. The van der Waals surface area contributed by atoms with Crippen LogP contribution in [0.5, 0.6) is 0 Å². The molecule has 108 valence electrons. The Morgan fingerprint density at radius 3 is 2.75 bits per heavy atom. The summed E-state index contributed by atoms with van der Waals surface area (Å²) in [6, 6.07) is 5.43. The maximum atomic E-state index is 13.4. The summed E-state index contributed by atoms with van der Waals surface area (Å²) in [6.07, 6.45) is 3.40. The molecule has 3 rings (SSSR count). The van der Waals surface area contributed by atoms with Gasteiger partial charge in [-0.1, -0.05) is 13.8 Å². The van der Waals surface area contributed by atoms with E-state index in [1.165, 1.54) is 25.0 Å². The first-order valence-corrected chi connectivity index (χ1v) is 7.47. The first-order valence-electron chi connectivity index (χ1n) is 7.47. The van der Waals surface area contributed by atoms with E-state index in [-0.39, 0.29) is 11.7 Å². The summed E-state index contributed by atoms with van der Waals surface area (Å²) in [5, 5.41) is 0. The molecule has 0 saturated heterocycles. The second-order valence-corrected chi connectivity index (χ2v) is 6.27. The van der Waals surface area contributed by atoms with E-state index >= 15 is 0 Å². The number of hydrogen-bond acceptors (Lipinski definition) is 2. The fourth-order valence-corrected chi connectivity index (χ4v) is 2.97. The summed E-state index contributed by atoms with van der Waals surface area (Å²) in [4.78, 5) is 4.70. The van der Waals surface area contributed by atoms with Crippen LogP contribution in [-0.2, 0) is 0 Å². The van der Waals surface area contributed by atoms with Crippen molar-refractivity contribution >= 4 is 11.0 Å². The van der Waals surface area contributed by atoms with Gasteiger partial charge >= 0.3 is 0 Å². The van der Waals surface area contributed by atoms with Crippen LogP contribution in [0.1, 0.15) is 50.9 Å². The number of rotatable bonds is 5. The molecule has 1 aliphatic carbocycles. The van der Waals surface area contributed by atoms with E-state index in [9.17, 15) is 4.39 Å². The Balaban J connectivity index is 2.10. The van der Waals surface area contributed by atoms with Crippen LogP contribution in [0, 0.1) is 11.7 Å². The van der Waals surface area contributed by atoms with Crippen molar-refractivity contribution < 1.29 is 4.39 Å². The average Bonchev–Trinajstić information content (AvgIpc) is 3.16. The standard InChI is InChI=1S/C16H22FN3/c1-10(2)7-11(9-18)16-19-14-8-12(17)3-6-15(14)20(16)13-4-5-13/h3,6,8,10-11,13H,4-5,7,9,18H2,1-2H3. The van der Waals surface area contributed by atoms with Crippen molar-refractivity contribution in [3.8, 4) is 0 Å². The van der Waals surface area contributed by atoms with Crippen LogP contribution in [0.25, 0.3) is 11.0 Å². The molecule has 0 aliphatic heterocycles. The summed E-state index contributed by atoms with van der Waals surface area (Å²) < 4.78 is 15.7. The summed E-state index contributed by atoms with van der Waals surface area (Å²) in [7, 11) is 0. The number of aromatic nitrogens is 2. The van der Waals surface area contributed by atoms with Gasteiger partial charge in [-0.25, -0.2) is 9.37 Å². The van der Waals surface area contributed by atoms with Gasteiger partial charge in [-0.15, -0.1) is 0 Å². The predicted molar refractivity (Wildman–Crippen MR) is 79.2 cm³/mol. The third-order valence-electron chi connectivity index (χ3n) is 4.00. The van der Waals surface area contributed by atoms with Gasteiger partial charge in [0.25, 0.3) is 0 Å². The van der Waals surface area contributed by atoms with Crippen LogP contribution in [-0.4, -0.2) is 16.1 Å². The van der Waals surface area contributed by atoms with Crippen LogP contribution < -0.4 is 5.73 Å². The van der Waals surface area contributed by atoms with E-state index < -0.39 is 0 Å². The molecule has 1 aromatic heterocycles. The molecule has 1 atom stereocenters. The van der Waals surface area contributed by atoms with Gasteiger partial charge < -0.3 is 10.3 Å². The van der Waals surface area contributed by atoms with E-state index in [1.54, 1.807) is 0 Å². The normalized spacial score (nSPS) is 17.1. The number of halogens is 1. The molecule has 0 bridgehead atoms. The van der Waals surface area contributed by atoms with Crippen LogP contribution >= 0.6 is 0 Å². The number of nitrogens with zero attached hydrogens (tertiary/aromatic N) is 2. The monoisotopic (exact) mass is 275 g/mol. The third kappa shape index (κ3) is 2.44. The first kappa shape index (κ1) is 13.6. The molecule has 1 saturated carbocycles. The molecule has 0 radical (unpaired) electrons. The molecule has 2 N–H and O–H groups in total. The van der Waals surface area contributed by atoms with Crippen molar-refractivity contribution in [2.75, 3.05) is 6.54 Å². The molecule has 0 spiro atoms. The van der Waals surface area contributed by atoms with E-state index in [4.69, 9.17) is 10.7 Å². The van der Waals surface area contributed by atoms with E-state index in [0.717, 1.165) is 23.3 Å². The minimum Gasteiger partial charge on any atom is -0.330 e. The van der Waals surface area contributed by atoms with Gasteiger partial charge in [0.2, 0.25) is 0 Å². The van der Waals surface area contributed by atoms with E-state index in [0.29, 0.717) is 18.5 Å². The van der Waals surface area contributed by atoms with Gasteiger partial charge in [0, 0.05) is 24.6 Å². The zero-order chi connectivity index (χ0) is 14.3. The summed E-state index contributed by atoms with van der Waals surface area (Å²) in [5.74, 6) is 1.65. The number of benzene rings is 1. The average molecular weight is 275 g/mol. The van der Waals surface area contributed by atoms with Crippen molar-refractivity contribution in [3.63, 3.8) is 0 Å². The molecule has 3 nitrogen and oxygen atoms in total. The summed E-state index contributed by atoms with van der Waals surface area (Å²) in [6.45, 7) is 5.00. The van der Waals surface area contributed by atoms with Gasteiger partial charge in [-0.05, 0) is 37.3 Å². The van der Waals surface area contributed by atoms with Crippen LogP contribution in [0.4, 0.5) is 4.39 Å². The van der Waals surface area contributed by atoms with Gasteiger partial charge in [0.1, 0.15) is 11.6 Å². The van der Waals surface area contributed by atoms with Crippen molar-refractivity contribution in [2.24, 2.45) is 11.7 Å². The molecular weight excluding hydrogens is 253 g/mol. The molecule has 1 aromatic carbocycles. The zero-order valence-electron chi connectivity index (χ0n) is 12.1. The van der Waals surface area contributed by atoms with Crippen molar-refractivity contribution in [2.45, 2.75) is 45.1 Å². The second-order valence-electron chi connectivity index (χ2n) is 6.27. The quantitative estimate of drug-likeness (QED) is 0.906. The summed E-state index contributed by atoms with van der Waals surface area (Å²) >= 11 is 0. The van der Waals surface area contributed by atoms with Gasteiger partial charge in [0.15, 0.2) is 0 Å². The number of fused-ring (bicyclic) bond motifs is 1. The number of nitrogens with two attached hydrogens (primary N) is 1. The maximum Gasteiger partial charge on any atom is 0.125 e. The third-order valence-corrected chi connectivity index (χ3v) is 4.00. The highest BCUT2D eigenvalue weighted by Crippen LogP contribution is 2.41.